The monoisotopic (exact) mass is 219 g/mol. The molecule has 0 saturated carbocycles. The molecule has 0 bridgehead atoms. The van der Waals surface area contributed by atoms with Gasteiger partial charge in [-0.25, -0.2) is 0 Å². The highest BCUT2D eigenvalue weighted by Gasteiger charge is 2.05. The van der Waals surface area contributed by atoms with E-state index in [1.54, 1.807) is 0 Å². The number of hydrogen-bond acceptors (Lipinski definition) is 2. The van der Waals surface area contributed by atoms with Gasteiger partial charge in [-0.3, -0.25) is 4.21 Å². The summed E-state index contributed by atoms with van der Waals surface area (Å²) in [7, 11) is -0.614. The minimum Gasteiger partial charge on any atom is -0.313 e. The minimum atomic E-state index is -0.614. The summed E-state index contributed by atoms with van der Waals surface area (Å²) >= 11 is 0. The zero-order valence-electron chi connectivity index (χ0n) is 9.84. The maximum atomic E-state index is 11.2. The van der Waals surface area contributed by atoms with Crippen molar-refractivity contribution in [1.82, 2.24) is 5.32 Å². The summed E-state index contributed by atoms with van der Waals surface area (Å²) in [6, 6.07) is 0.638. The van der Waals surface area contributed by atoms with Gasteiger partial charge in [-0.15, -0.1) is 0 Å². The second-order valence-electron chi connectivity index (χ2n) is 3.66. The van der Waals surface area contributed by atoms with Gasteiger partial charge >= 0.3 is 0 Å². The predicted molar refractivity (Wildman–Crippen MR) is 65.2 cm³/mol. The Morgan fingerprint density at radius 2 is 1.71 bits per heavy atom. The van der Waals surface area contributed by atoms with Crippen LogP contribution in [-0.4, -0.2) is 28.3 Å². The summed E-state index contributed by atoms with van der Waals surface area (Å²) < 4.78 is 11.2. The van der Waals surface area contributed by atoms with E-state index in [1.807, 2.05) is 6.92 Å². The van der Waals surface area contributed by atoms with Gasteiger partial charge in [-0.2, -0.15) is 0 Å². The lowest BCUT2D eigenvalue weighted by atomic mass is 10.1. The molecule has 1 N–H and O–H groups in total. The zero-order chi connectivity index (χ0) is 10.8. The highest BCUT2D eigenvalue weighted by atomic mass is 32.2. The van der Waals surface area contributed by atoms with Gasteiger partial charge < -0.3 is 5.32 Å². The molecule has 0 radical (unpaired) electrons. The number of rotatable bonds is 9. The molecule has 0 aliphatic carbocycles. The van der Waals surface area contributed by atoms with E-state index in [2.05, 4.69) is 19.2 Å². The second-order valence-corrected chi connectivity index (χ2v) is 5.53. The fourth-order valence-electron chi connectivity index (χ4n) is 1.57. The van der Waals surface area contributed by atoms with Crippen LogP contribution in [0.4, 0.5) is 0 Å². The average molecular weight is 219 g/mol. The predicted octanol–water partition coefficient (Wildman–Crippen LogP) is 2.31. The molecular formula is C11H25NOS. The number of nitrogens with one attached hydrogen (secondary N) is 1. The Balaban J connectivity index is 3.54. The zero-order valence-corrected chi connectivity index (χ0v) is 10.7. The van der Waals surface area contributed by atoms with Gasteiger partial charge in [0.25, 0.3) is 0 Å². The van der Waals surface area contributed by atoms with Crippen LogP contribution in [0.5, 0.6) is 0 Å². The SMILES string of the molecule is CCCC(CCC)NCCS(=O)CC. The largest absolute Gasteiger partial charge is 0.313 e. The van der Waals surface area contributed by atoms with Crippen LogP contribution >= 0.6 is 0 Å². The molecule has 0 aliphatic heterocycles. The molecule has 1 atom stereocenters. The third-order valence-corrected chi connectivity index (χ3v) is 3.66. The Kier molecular flexibility index (Phi) is 9.73. The fraction of sp³-hybridized carbons (Fsp3) is 1.00. The first-order valence-corrected chi connectivity index (χ1v) is 7.31. The van der Waals surface area contributed by atoms with Crippen LogP contribution < -0.4 is 5.32 Å². The van der Waals surface area contributed by atoms with Crippen LogP contribution in [0.3, 0.4) is 0 Å². The molecule has 0 rings (SSSR count). The first kappa shape index (κ1) is 14.1. The first-order chi connectivity index (χ1) is 6.74. The molecular weight excluding hydrogens is 194 g/mol. The lowest BCUT2D eigenvalue weighted by molar-refractivity contribution is 0.456. The Morgan fingerprint density at radius 1 is 1.14 bits per heavy atom. The van der Waals surface area contributed by atoms with E-state index < -0.39 is 10.8 Å². The van der Waals surface area contributed by atoms with Crippen molar-refractivity contribution in [3.05, 3.63) is 0 Å². The summed E-state index contributed by atoms with van der Waals surface area (Å²) in [5, 5.41) is 3.49. The topological polar surface area (TPSA) is 29.1 Å². The van der Waals surface area contributed by atoms with Crippen molar-refractivity contribution in [2.24, 2.45) is 0 Å². The van der Waals surface area contributed by atoms with Crippen molar-refractivity contribution in [3.63, 3.8) is 0 Å². The third kappa shape index (κ3) is 7.51. The fourth-order valence-corrected chi connectivity index (χ4v) is 2.20. The summed E-state index contributed by atoms with van der Waals surface area (Å²) in [5.74, 6) is 1.59. The van der Waals surface area contributed by atoms with Crippen LogP contribution in [0.2, 0.25) is 0 Å². The second kappa shape index (κ2) is 9.66. The highest BCUT2D eigenvalue weighted by Crippen LogP contribution is 2.03. The highest BCUT2D eigenvalue weighted by molar-refractivity contribution is 7.84. The minimum absolute atomic E-state index is 0.614. The molecule has 0 heterocycles. The molecule has 14 heavy (non-hydrogen) atoms. The van der Waals surface area contributed by atoms with Gasteiger partial charge in [0.15, 0.2) is 0 Å². The van der Waals surface area contributed by atoms with Crippen molar-refractivity contribution >= 4 is 10.8 Å². The molecule has 2 nitrogen and oxygen atoms in total. The lowest BCUT2D eigenvalue weighted by Gasteiger charge is -2.16. The molecule has 0 aromatic heterocycles. The molecule has 0 amide bonds. The third-order valence-electron chi connectivity index (χ3n) is 2.36. The van der Waals surface area contributed by atoms with Crippen molar-refractivity contribution in [3.8, 4) is 0 Å². The normalized spacial score (nSPS) is 13.4. The van der Waals surface area contributed by atoms with Gasteiger partial charge in [0.1, 0.15) is 0 Å². The molecule has 0 saturated heterocycles. The summed E-state index contributed by atoms with van der Waals surface area (Å²) in [5.41, 5.74) is 0. The van der Waals surface area contributed by atoms with Crippen molar-refractivity contribution in [2.45, 2.75) is 52.5 Å². The van der Waals surface area contributed by atoms with Crippen molar-refractivity contribution in [1.29, 1.82) is 0 Å². The van der Waals surface area contributed by atoms with E-state index in [1.165, 1.54) is 25.7 Å². The molecule has 0 aromatic rings. The average Bonchev–Trinajstić information content (AvgIpc) is 2.18. The Hall–Kier alpha value is 0.110. The van der Waals surface area contributed by atoms with E-state index in [4.69, 9.17) is 0 Å². The summed E-state index contributed by atoms with van der Waals surface area (Å²) in [6.45, 7) is 7.32. The van der Waals surface area contributed by atoms with Gasteiger partial charge in [0, 0.05) is 34.9 Å². The van der Waals surface area contributed by atoms with Crippen molar-refractivity contribution < 1.29 is 4.21 Å². The van der Waals surface area contributed by atoms with Crippen LogP contribution in [0.1, 0.15) is 46.5 Å². The van der Waals surface area contributed by atoms with Crippen LogP contribution in [0.25, 0.3) is 0 Å². The molecule has 86 valence electrons. The van der Waals surface area contributed by atoms with Gasteiger partial charge in [-0.05, 0) is 12.8 Å². The Morgan fingerprint density at radius 3 is 2.14 bits per heavy atom. The van der Waals surface area contributed by atoms with E-state index in [9.17, 15) is 4.21 Å². The van der Waals surface area contributed by atoms with Crippen LogP contribution in [0, 0.1) is 0 Å². The van der Waals surface area contributed by atoms with E-state index in [0.29, 0.717) is 6.04 Å². The van der Waals surface area contributed by atoms with Gasteiger partial charge in [0.05, 0.1) is 0 Å². The standard InChI is InChI=1S/C11H25NOS/c1-4-7-11(8-5-2)12-9-10-14(13)6-3/h11-12H,4-10H2,1-3H3. The van der Waals surface area contributed by atoms with E-state index >= 15 is 0 Å². The first-order valence-electron chi connectivity index (χ1n) is 5.82. The maximum Gasteiger partial charge on any atom is 0.0360 e. The van der Waals surface area contributed by atoms with Gasteiger partial charge in [0.2, 0.25) is 0 Å². The summed E-state index contributed by atoms with van der Waals surface area (Å²) in [4.78, 5) is 0. The van der Waals surface area contributed by atoms with Gasteiger partial charge in [-0.1, -0.05) is 33.6 Å². The molecule has 0 spiro atoms. The molecule has 0 fully saturated rings. The molecule has 3 heteroatoms. The van der Waals surface area contributed by atoms with Crippen molar-refractivity contribution in [2.75, 3.05) is 18.1 Å². The Labute approximate surface area is 91.3 Å². The smallest absolute Gasteiger partial charge is 0.0360 e. The van der Waals surface area contributed by atoms with E-state index in [0.717, 1.165) is 18.1 Å². The molecule has 1 unspecified atom stereocenters. The molecule has 0 aromatic carbocycles. The Bertz CT molecular complexity index is 144. The molecule has 0 aliphatic rings. The quantitative estimate of drug-likeness (QED) is 0.645. The summed E-state index contributed by atoms with van der Waals surface area (Å²) in [6.07, 6.45) is 4.95. The van der Waals surface area contributed by atoms with E-state index in [-0.39, 0.29) is 0 Å². The van der Waals surface area contributed by atoms with Crippen LogP contribution in [-0.2, 0) is 10.8 Å². The maximum absolute atomic E-state index is 11.2. The lowest BCUT2D eigenvalue weighted by Crippen LogP contribution is -2.32. The van der Waals surface area contributed by atoms with Crippen LogP contribution in [0.15, 0.2) is 0 Å². The number of hydrogen-bond donors (Lipinski definition) is 1.